The van der Waals surface area contributed by atoms with Gasteiger partial charge in [-0.1, -0.05) is 72.3 Å². The maximum absolute atomic E-state index is 12.4. The topological polar surface area (TPSA) is 75.6 Å². The van der Waals surface area contributed by atoms with Gasteiger partial charge in [0.15, 0.2) is 0 Å². The van der Waals surface area contributed by atoms with E-state index in [1.807, 2.05) is 49.4 Å². The minimum atomic E-state index is -1.13. The van der Waals surface area contributed by atoms with Gasteiger partial charge in [0.25, 0.3) is 0 Å². The molecule has 0 saturated carbocycles. The Labute approximate surface area is 185 Å². The van der Waals surface area contributed by atoms with Gasteiger partial charge < -0.3 is 15.2 Å². The number of aliphatic carboxylic acids is 1. The molecule has 1 atom stereocenters. The number of benzene rings is 3. The first kappa shape index (κ1) is 20.9. The second kappa shape index (κ2) is 8.82. The zero-order valence-electron chi connectivity index (χ0n) is 17.0. The number of amides is 1. The molecule has 0 heterocycles. The van der Waals surface area contributed by atoms with E-state index in [2.05, 4.69) is 17.4 Å². The van der Waals surface area contributed by atoms with E-state index in [9.17, 15) is 14.7 Å². The van der Waals surface area contributed by atoms with E-state index >= 15 is 0 Å². The number of rotatable bonds is 6. The van der Waals surface area contributed by atoms with Crippen molar-refractivity contribution in [2.24, 2.45) is 0 Å². The van der Waals surface area contributed by atoms with E-state index in [-0.39, 0.29) is 18.9 Å². The van der Waals surface area contributed by atoms with Gasteiger partial charge in [-0.2, -0.15) is 0 Å². The lowest BCUT2D eigenvalue weighted by molar-refractivity contribution is -0.139. The minimum absolute atomic E-state index is 0.0858. The van der Waals surface area contributed by atoms with Crippen LogP contribution in [-0.2, 0) is 16.0 Å². The summed E-state index contributed by atoms with van der Waals surface area (Å²) in [6, 6.07) is 20.3. The van der Waals surface area contributed by atoms with Crippen molar-refractivity contribution < 1.29 is 19.4 Å². The molecule has 0 aromatic heterocycles. The fourth-order valence-electron chi connectivity index (χ4n) is 3.98. The van der Waals surface area contributed by atoms with Gasteiger partial charge >= 0.3 is 12.1 Å². The molecule has 4 rings (SSSR count). The number of aryl methyl sites for hydroxylation is 1. The first-order valence-corrected chi connectivity index (χ1v) is 10.4. The average molecular weight is 436 g/mol. The van der Waals surface area contributed by atoms with Crippen LogP contribution in [0.25, 0.3) is 11.1 Å². The van der Waals surface area contributed by atoms with Gasteiger partial charge in [-0.15, -0.1) is 0 Å². The Bertz CT molecular complexity index is 1100. The summed E-state index contributed by atoms with van der Waals surface area (Å²) in [5.74, 6) is -1.22. The molecule has 0 bridgehead atoms. The van der Waals surface area contributed by atoms with Crippen molar-refractivity contribution in [3.8, 4) is 11.1 Å². The van der Waals surface area contributed by atoms with Crippen molar-refractivity contribution in [1.82, 2.24) is 5.32 Å². The number of hydrogen-bond acceptors (Lipinski definition) is 3. The Morgan fingerprint density at radius 1 is 1.03 bits per heavy atom. The molecule has 0 radical (unpaired) electrons. The van der Waals surface area contributed by atoms with Crippen LogP contribution in [-0.4, -0.2) is 29.8 Å². The number of carboxylic acid groups (broad SMARTS) is 1. The van der Waals surface area contributed by atoms with Crippen molar-refractivity contribution in [3.05, 3.63) is 94.0 Å². The zero-order chi connectivity index (χ0) is 22.0. The van der Waals surface area contributed by atoms with E-state index in [1.54, 1.807) is 12.1 Å². The summed E-state index contributed by atoms with van der Waals surface area (Å²) in [5.41, 5.74) is 6.09. The Hall–Kier alpha value is -3.31. The molecule has 1 amide bonds. The summed E-state index contributed by atoms with van der Waals surface area (Å²) in [5, 5.41) is 12.6. The summed E-state index contributed by atoms with van der Waals surface area (Å²) < 4.78 is 5.46. The average Bonchev–Trinajstić information content (AvgIpc) is 3.08. The van der Waals surface area contributed by atoms with Gasteiger partial charge in [-0.25, -0.2) is 9.59 Å². The third-order valence-electron chi connectivity index (χ3n) is 5.61. The maximum atomic E-state index is 12.4. The Balaban J connectivity index is 1.43. The van der Waals surface area contributed by atoms with E-state index < -0.39 is 18.1 Å². The molecule has 0 aliphatic heterocycles. The molecule has 1 unspecified atom stereocenters. The number of carbonyl (C=O) groups is 2. The largest absolute Gasteiger partial charge is 0.480 e. The highest BCUT2D eigenvalue weighted by molar-refractivity contribution is 6.31. The van der Waals surface area contributed by atoms with Crippen LogP contribution < -0.4 is 5.32 Å². The molecule has 6 heteroatoms. The van der Waals surface area contributed by atoms with Crippen molar-refractivity contribution >= 4 is 23.7 Å². The quantitative estimate of drug-likeness (QED) is 0.559. The molecular weight excluding hydrogens is 414 g/mol. The lowest BCUT2D eigenvalue weighted by atomic mass is 9.98. The van der Waals surface area contributed by atoms with Crippen LogP contribution in [0.1, 0.15) is 28.2 Å². The first-order valence-electron chi connectivity index (χ1n) is 10.0. The lowest BCUT2D eigenvalue weighted by Crippen LogP contribution is -2.42. The van der Waals surface area contributed by atoms with Gasteiger partial charge in [0.05, 0.1) is 0 Å². The monoisotopic (exact) mass is 435 g/mol. The second-order valence-electron chi connectivity index (χ2n) is 7.65. The third-order valence-corrected chi connectivity index (χ3v) is 6.02. The fraction of sp³-hybridized carbons (Fsp3) is 0.200. The number of hydrogen-bond donors (Lipinski definition) is 2. The van der Waals surface area contributed by atoms with Crippen LogP contribution in [0.5, 0.6) is 0 Å². The summed E-state index contributed by atoms with van der Waals surface area (Å²) in [4.78, 5) is 24.1. The normalized spacial score (nSPS) is 13.2. The third kappa shape index (κ3) is 4.42. The highest BCUT2D eigenvalue weighted by Gasteiger charge is 2.29. The zero-order valence-corrected chi connectivity index (χ0v) is 17.7. The molecule has 0 spiro atoms. The smallest absolute Gasteiger partial charge is 0.407 e. The second-order valence-corrected chi connectivity index (χ2v) is 8.06. The van der Waals surface area contributed by atoms with Crippen molar-refractivity contribution in [2.75, 3.05) is 6.61 Å². The lowest BCUT2D eigenvalue weighted by Gasteiger charge is -2.18. The van der Waals surface area contributed by atoms with Gasteiger partial charge in [-0.05, 0) is 46.4 Å². The maximum Gasteiger partial charge on any atom is 0.407 e. The molecule has 158 valence electrons. The highest BCUT2D eigenvalue weighted by Crippen LogP contribution is 2.44. The predicted octanol–water partition coefficient (Wildman–Crippen LogP) is 5.18. The van der Waals surface area contributed by atoms with Crippen LogP contribution >= 0.6 is 11.6 Å². The van der Waals surface area contributed by atoms with Crippen LogP contribution in [0, 0.1) is 6.92 Å². The van der Waals surface area contributed by atoms with Gasteiger partial charge in [0, 0.05) is 17.4 Å². The van der Waals surface area contributed by atoms with Crippen molar-refractivity contribution in [3.63, 3.8) is 0 Å². The van der Waals surface area contributed by atoms with Crippen LogP contribution in [0.4, 0.5) is 4.79 Å². The molecular formula is C25H22ClNO4. The summed E-state index contributed by atoms with van der Waals surface area (Å²) in [7, 11) is 0. The van der Waals surface area contributed by atoms with Crippen molar-refractivity contribution in [2.45, 2.75) is 25.3 Å². The summed E-state index contributed by atoms with van der Waals surface area (Å²) in [6.07, 6.45) is -0.646. The molecule has 0 fully saturated rings. The molecule has 3 aromatic rings. The number of nitrogens with one attached hydrogen (secondary N) is 1. The number of fused-ring (bicyclic) bond motifs is 3. The highest BCUT2D eigenvalue weighted by atomic mass is 35.5. The van der Waals surface area contributed by atoms with E-state index in [1.165, 1.54) is 0 Å². The molecule has 1 aliphatic rings. The number of alkyl carbamates (subject to hydrolysis) is 1. The molecule has 31 heavy (non-hydrogen) atoms. The van der Waals surface area contributed by atoms with Crippen molar-refractivity contribution in [1.29, 1.82) is 0 Å². The summed E-state index contributed by atoms with van der Waals surface area (Å²) >= 11 is 6.13. The Kier molecular flexibility index (Phi) is 5.96. The first-order chi connectivity index (χ1) is 14.9. The van der Waals surface area contributed by atoms with Crippen LogP contribution in [0.3, 0.4) is 0 Å². The number of halogens is 1. The van der Waals surface area contributed by atoms with Gasteiger partial charge in [0.2, 0.25) is 0 Å². The molecule has 2 N–H and O–H groups in total. The Morgan fingerprint density at radius 2 is 1.65 bits per heavy atom. The molecule has 0 saturated heterocycles. The number of carboxylic acids is 1. The molecule has 3 aromatic carbocycles. The predicted molar refractivity (Wildman–Crippen MR) is 120 cm³/mol. The van der Waals surface area contributed by atoms with E-state index in [0.29, 0.717) is 5.02 Å². The standard InChI is InChI=1S/C25H22ClNO4/c1-15-10-11-16(12-22(15)26)13-23(24(28)29)27-25(30)31-14-21-19-8-4-2-6-17(19)18-7-3-5-9-20(18)21/h2-12,21,23H,13-14H2,1H3,(H,27,30)(H,28,29). The van der Waals surface area contributed by atoms with Crippen LogP contribution in [0.2, 0.25) is 5.02 Å². The summed E-state index contributed by atoms with van der Waals surface area (Å²) in [6.45, 7) is 2.00. The Morgan fingerprint density at radius 3 is 2.23 bits per heavy atom. The SMILES string of the molecule is Cc1ccc(CC(NC(=O)OCC2c3ccccc3-c3ccccc32)C(=O)O)cc1Cl. The number of carbonyl (C=O) groups excluding carboxylic acids is 1. The van der Waals surface area contributed by atoms with Crippen LogP contribution in [0.15, 0.2) is 66.7 Å². The molecule has 5 nitrogen and oxygen atoms in total. The fourth-order valence-corrected chi connectivity index (χ4v) is 4.18. The minimum Gasteiger partial charge on any atom is -0.480 e. The van der Waals surface area contributed by atoms with Gasteiger partial charge in [-0.3, -0.25) is 0 Å². The molecule has 1 aliphatic carbocycles. The van der Waals surface area contributed by atoms with E-state index in [4.69, 9.17) is 16.3 Å². The van der Waals surface area contributed by atoms with E-state index in [0.717, 1.165) is 33.4 Å². The van der Waals surface area contributed by atoms with Gasteiger partial charge in [0.1, 0.15) is 12.6 Å². The number of ether oxygens (including phenoxy) is 1.